The van der Waals surface area contributed by atoms with Gasteiger partial charge in [0.1, 0.15) is 11.6 Å². The molecule has 0 aliphatic carbocycles. The first-order chi connectivity index (χ1) is 9.79. The van der Waals surface area contributed by atoms with Crippen molar-refractivity contribution in [2.75, 3.05) is 6.61 Å². The van der Waals surface area contributed by atoms with Crippen molar-refractivity contribution in [2.45, 2.75) is 18.9 Å². The minimum Gasteiger partial charge on any atom is -0.493 e. The first-order valence-electron chi connectivity index (χ1n) is 6.62. The number of ether oxygens (including phenoxy) is 1. The van der Waals surface area contributed by atoms with Crippen LogP contribution in [0.25, 0.3) is 0 Å². The number of fused-ring (bicyclic) bond motifs is 1. The molecule has 1 aromatic heterocycles. The minimum atomic E-state index is -0.365. The monoisotopic (exact) mass is 273 g/mol. The van der Waals surface area contributed by atoms with Crippen LogP contribution >= 0.6 is 0 Å². The van der Waals surface area contributed by atoms with Crippen LogP contribution in [0.1, 0.15) is 29.3 Å². The molecule has 5 heteroatoms. The van der Waals surface area contributed by atoms with Gasteiger partial charge in [0.25, 0.3) is 0 Å². The van der Waals surface area contributed by atoms with Gasteiger partial charge in [-0.1, -0.05) is 18.2 Å². The van der Waals surface area contributed by atoms with E-state index in [9.17, 15) is 4.39 Å². The van der Waals surface area contributed by atoms with Crippen molar-refractivity contribution in [1.82, 2.24) is 10.4 Å². The molecule has 2 aromatic rings. The Labute approximate surface area is 116 Å². The summed E-state index contributed by atoms with van der Waals surface area (Å²) in [4.78, 5) is 4.10. The molecule has 0 amide bonds. The highest BCUT2D eigenvalue weighted by atomic mass is 19.1. The smallest absolute Gasteiger partial charge is 0.141 e. The lowest BCUT2D eigenvalue weighted by molar-refractivity contribution is 0.283. The molecule has 1 aliphatic heterocycles. The Morgan fingerprint density at radius 2 is 2.20 bits per heavy atom. The topological polar surface area (TPSA) is 60.2 Å². The maximum absolute atomic E-state index is 13.0. The van der Waals surface area contributed by atoms with E-state index in [0.717, 1.165) is 24.2 Å². The molecular formula is C15H16FN3O. The molecule has 0 bridgehead atoms. The molecule has 1 atom stereocenters. The summed E-state index contributed by atoms with van der Waals surface area (Å²) in [5.74, 6) is 6.17. The fourth-order valence-corrected chi connectivity index (χ4v) is 2.53. The van der Waals surface area contributed by atoms with E-state index in [-0.39, 0.29) is 11.9 Å². The van der Waals surface area contributed by atoms with Crippen molar-refractivity contribution < 1.29 is 9.13 Å². The van der Waals surface area contributed by atoms with Crippen LogP contribution in [0.3, 0.4) is 0 Å². The van der Waals surface area contributed by atoms with Gasteiger partial charge in [-0.3, -0.25) is 10.8 Å². The Balaban J connectivity index is 2.03. The normalized spacial score (nSPS) is 15.3. The quantitative estimate of drug-likeness (QED) is 0.664. The lowest BCUT2D eigenvalue weighted by atomic mass is 9.96. The van der Waals surface area contributed by atoms with Crippen molar-refractivity contribution in [3.8, 4) is 5.75 Å². The second-order valence-corrected chi connectivity index (χ2v) is 4.79. The number of halogens is 1. The minimum absolute atomic E-state index is 0.316. The van der Waals surface area contributed by atoms with Gasteiger partial charge in [0, 0.05) is 5.56 Å². The molecule has 1 unspecified atom stereocenters. The van der Waals surface area contributed by atoms with E-state index in [2.05, 4.69) is 16.5 Å². The number of para-hydroxylation sites is 1. The van der Waals surface area contributed by atoms with Crippen LogP contribution < -0.4 is 16.0 Å². The molecule has 3 N–H and O–H groups in total. The number of nitrogens with one attached hydrogen (secondary N) is 1. The third-order valence-corrected chi connectivity index (χ3v) is 3.49. The van der Waals surface area contributed by atoms with E-state index in [0.29, 0.717) is 12.3 Å². The fraction of sp³-hybridized carbons (Fsp3) is 0.267. The number of hydrogen-bond donors (Lipinski definition) is 2. The number of nitrogens with zero attached hydrogens (tertiary/aromatic N) is 1. The third-order valence-electron chi connectivity index (χ3n) is 3.49. The maximum atomic E-state index is 13.0. The maximum Gasteiger partial charge on any atom is 0.141 e. The average molecular weight is 273 g/mol. The highest BCUT2D eigenvalue weighted by molar-refractivity contribution is 5.46. The number of hydrogen-bond acceptors (Lipinski definition) is 4. The van der Waals surface area contributed by atoms with E-state index in [1.165, 1.54) is 17.8 Å². The number of pyridine rings is 1. The van der Waals surface area contributed by atoms with E-state index in [4.69, 9.17) is 10.6 Å². The van der Waals surface area contributed by atoms with Crippen molar-refractivity contribution in [3.63, 3.8) is 0 Å². The highest BCUT2D eigenvalue weighted by Gasteiger charge is 2.22. The number of nitrogens with two attached hydrogens (primary N) is 1. The number of aryl methyl sites for hydroxylation is 1. The van der Waals surface area contributed by atoms with Crippen LogP contribution in [0.5, 0.6) is 5.75 Å². The molecule has 104 valence electrons. The Morgan fingerprint density at radius 1 is 1.30 bits per heavy atom. The van der Waals surface area contributed by atoms with Crippen LogP contribution in [0.15, 0.2) is 36.5 Å². The van der Waals surface area contributed by atoms with Crippen molar-refractivity contribution >= 4 is 0 Å². The zero-order chi connectivity index (χ0) is 13.9. The van der Waals surface area contributed by atoms with Crippen molar-refractivity contribution in [2.24, 2.45) is 5.84 Å². The van der Waals surface area contributed by atoms with Gasteiger partial charge in [0.05, 0.1) is 24.5 Å². The molecule has 0 fully saturated rings. The average Bonchev–Trinajstić information content (AvgIpc) is 2.50. The third kappa shape index (κ3) is 2.37. The summed E-state index contributed by atoms with van der Waals surface area (Å²) in [6.45, 7) is 0.706. The van der Waals surface area contributed by atoms with Gasteiger partial charge in [-0.05, 0) is 30.5 Å². The lowest BCUT2D eigenvalue weighted by Crippen LogP contribution is -2.30. The predicted octanol–water partition coefficient (Wildman–Crippen LogP) is 2.10. The summed E-state index contributed by atoms with van der Waals surface area (Å²) in [7, 11) is 0. The zero-order valence-electron chi connectivity index (χ0n) is 11.0. The van der Waals surface area contributed by atoms with E-state index < -0.39 is 0 Å². The summed E-state index contributed by atoms with van der Waals surface area (Å²) < 4.78 is 18.8. The number of aromatic nitrogens is 1. The van der Waals surface area contributed by atoms with Crippen LogP contribution in [0.4, 0.5) is 4.39 Å². The SMILES string of the molecule is NNC(c1ccc(F)cn1)c1cccc2c1OCCC2. The lowest BCUT2D eigenvalue weighted by Gasteiger charge is -2.24. The summed E-state index contributed by atoms with van der Waals surface area (Å²) in [6.07, 6.45) is 3.21. The first kappa shape index (κ1) is 13.0. The number of rotatable bonds is 3. The largest absolute Gasteiger partial charge is 0.493 e. The zero-order valence-corrected chi connectivity index (χ0v) is 11.0. The molecule has 0 saturated heterocycles. The van der Waals surface area contributed by atoms with Gasteiger partial charge in [-0.25, -0.2) is 9.82 Å². The van der Waals surface area contributed by atoms with Gasteiger partial charge in [0.2, 0.25) is 0 Å². The van der Waals surface area contributed by atoms with Crippen LogP contribution in [-0.2, 0) is 6.42 Å². The van der Waals surface area contributed by atoms with Crippen molar-refractivity contribution in [3.05, 3.63) is 59.2 Å². The van der Waals surface area contributed by atoms with Crippen LogP contribution in [-0.4, -0.2) is 11.6 Å². The molecule has 0 spiro atoms. The van der Waals surface area contributed by atoms with Crippen LogP contribution in [0, 0.1) is 5.82 Å². The Bertz CT molecular complexity index is 601. The van der Waals surface area contributed by atoms with Gasteiger partial charge < -0.3 is 4.74 Å². The Hall–Kier alpha value is -1.98. The number of hydrazine groups is 1. The fourth-order valence-electron chi connectivity index (χ4n) is 2.53. The Morgan fingerprint density at radius 3 is 2.95 bits per heavy atom. The summed E-state index contributed by atoms with van der Waals surface area (Å²) >= 11 is 0. The van der Waals surface area contributed by atoms with E-state index in [1.54, 1.807) is 6.07 Å². The first-order valence-corrected chi connectivity index (χ1v) is 6.62. The van der Waals surface area contributed by atoms with Gasteiger partial charge in [0.15, 0.2) is 0 Å². The Kier molecular flexibility index (Phi) is 3.62. The van der Waals surface area contributed by atoms with E-state index >= 15 is 0 Å². The predicted molar refractivity (Wildman–Crippen MR) is 73.6 cm³/mol. The number of benzene rings is 1. The van der Waals surface area contributed by atoms with Gasteiger partial charge >= 0.3 is 0 Å². The summed E-state index contributed by atoms with van der Waals surface area (Å²) in [6, 6.07) is 8.69. The van der Waals surface area contributed by atoms with Crippen molar-refractivity contribution in [1.29, 1.82) is 0 Å². The highest BCUT2D eigenvalue weighted by Crippen LogP contribution is 2.34. The molecule has 3 rings (SSSR count). The molecular weight excluding hydrogens is 257 g/mol. The van der Waals surface area contributed by atoms with Gasteiger partial charge in [-0.15, -0.1) is 0 Å². The van der Waals surface area contributed by atoms with Gasteiger partial charge in [-0.2, -0.15) is 0 Å². The molecule has 2 heterocycles. The van der Waals surface area contributed by atoms with E-state index in [1.807, 2.05) is 12.1 Å². The summed E-state index contributed by atoms with van der Waals surface area (Å²) in [5.41, 5.74) is 5.51. The molecule has 20 heavy (non-hydrogen) atoms. The molecule has 0 saturated carbocycles. The molecule has 1 aromatic carbocycles. The second kappa shape index (κ2) is 5.56. The molecule has 4 nitrogen and oxygen atoms in total. The standard InChI is InChI=1S/C15H16FN3O/c16-11-6-7-13(18-9-11)14(19-17)12-5-1-3-10-4-2-8-20-15(10)12/h1,3,5-7,9,14,19H,2,4,8,17H2. The summed E-state index contributed by atoms with van der Waals surface area (Å²) in [5, 5.41) is 0. The molecule has 0 radical (unpaired) electrons. The second-order valence-electron chi connectivity index (χ2n) is 4.79. The van der Waals surface area contributed by atoms with Crippen LogP contribution in [0.2, 0.25) is 0 Å². The molecule has 1 aliphatic rings.